The van der Waals surface area contributed by atoms with Crippen molar-refractivity contribution in [2.45, 2.75) is 19.8 Å². The van der Waals surface area contributed by atoms with Crippen LogP contribution in [0.2, 0.25) is 0 Å². The van der Waals surface area contributed by atoms with Crippen molar-refractivity contribution in [2.75, 3.05) is 20.1 Å². The maximum absolute atomic E-state index is 12.3. The summed E-state index contributed by atoms with van der Waals surface area (Å²) in [5.41, 5.74) is 2.24. The second kappa shape index (κ2) is 8.87. The molecule has 0 aliphatic rings. The Kier molecular flexibility index (Phi) is 6.55. The summed E-state index contributed by atoms with van der Waals surface area (Å²) in [5, 5.41) is 2.90. The zero-order valence-electron chi connectivity index (χ0n) is 14.3. The Labute approximate surface area is 143 Å². The topological polar surface area (TPSA) is 49.4 Å². The molecule has 2 aromatic carbocycles. The van der Waals surface area contributed by atoms with Crippen molar-refractivity contribution >= 4 is 11.8 Å². The van der Waals surface area contributed by atoms with Crippen LogP contribution < -0.4 is 5.32 Å². The van der Waals surface area contributed by atoms with Crippen LogP contribution in [0.1, 0.15) is 39.6 Å². The Hall–Kier alpha value is -2.62. The molecule has 0 heterocycles. The molecule has 1 N–H and O–H groups in total. The molecular formula is C20H24N2O2. The summed E-state index contributed by atoms with van der Waals surface area (Å²) in [4.78, 5) is 26.2. The molecule has 0 saturated carbocycles. The van der Waals surface area contributed by atoms with E-state index in [0.29, 0.717) is 24.2 Å². The van der Waals surface area contributed by atoms with Gasteiger partial charge in [-0.2, -0.15) is 0 Å². The Morgan fingerprint density at radius 1 is 1.00 bits per heavy atom. The Morgan fingerprint density at radius 2 is 1.71 bits per heavy atom. The highest BCUT2D eigenvalue weighted by Crippen LogP contribution is 2.08. The number of rotatable bonds is 7. The predicted octanol–water partition coefficient (Wildman–Crippen LogP) is 3.14. The average molecular weight is 324 g/mol. The smallest absolute Gasteiger partial charge is 0.253 e. The van der Waals surface area contributed by atoms with Gasteiger partial charge in [0, 0.05) is 31.3 Å². The van der Waals surface area contributed by atoms with Crippen molar-refractivity contribution in [3.05, 3.63) is 71.3 Å². The molecule has 2 amide bonds. The number of hydrogen-bond acceptors (Lipinski definition) is 2. The van der Waals surface area contributed by atoms with E-state index in [0.717, 1.165) is 12.8 Å². The first-order valence-corrected chi connectivity index (χ1v) is 8.29. The number of hydrogen-bond donors (Lipinski definition) is 1. The fraction of sp³-hybridized carbons (Fsp3) is 0.300. The predicted molar refractivity (Wildman–Crippen MR) is 96.2 cm³/mol. The molecule has 0 aliphatic carbocycles. The molecule has 2 rings (SSSR count). The van der Waals surface area contributed by atoms with Crippen LogP contribution in [0, 0.1) is 0 Å². The van der Waals surface area contributed by atoms with Gasteiger partial charge >= 0.3 is 0 Å². The van der Waals surface area contributed by atoms with Crippen LogP contribution in [0.15, 0.2) is 54.6 Å². The van der Waals surface area contributed by atoms with Crippen molar-refractivity contribution in [3.63, 3.8) is 0 Å². The minimum atomic E-state index is -0.154. The van der Waals surface area contributed by atoms with E-state index in [4.69, 9.17) is 0 Å². The van der Waals surface area contributed by atoms with Gasteiger partial charge in [-0.05, 0) is 36.6 Å². The van der Waals surface area contributed by atoms with Crippen molar-refractivity contribution in [1.29, 1.82) is 0 Å². The lowest BCUT2D eigenvalue weighted by Crippen LogP contribution is -2.28. The highest BCUT2D eigenvalue weighted by Gasteiger charge is 2.13. The van der Waals surface area contributed by atoms with Gasteiger partial charge < -0.3 is 10.2 Å². The third kappa shape index (κ3) is 4.95. The van der Waals surface area contributed by atoms with Crippen LogP contribution in [0.5, 0.6) is 0 Å². The van der Waals surface area contributed by atoms with Gasteiger partial charge in [0.05, 0.1) is 0 Å². The van der Waals surface area contributed by atoms with Crippen molar-refractivity contribution < 1.29 is 9.59 Å². The third-order valence-electron chi connectivity index (χ3n) is 3.82. The van der Waals surface area contributed by atoms with Gasteiger partial charge in [-0.3, -0.25) is 9.59 Å². The monoisotopic (exact) mass is 324 g/mol. The number of carbonyl (C=O) groups is 2. The lowest BCUT2D eigenvalue weighted by molar-refractivity contribution is 0.0795. The summed E-state index contributed by atoms with van der Waals surface area (Å²) < 4.78 is 0. The minimum Gasteiger partial charge on any atom is -0.352 e. The van der Waals surface area contributed by atoms with Crippen molar-refractivity contribution in [1.82, 2.24) is 10.2 Å². The van der Waals surface area contributed by atoms with Crippen LogP contribution in [0.4, 0.5) is 0 Å². The molecule has 24 heavy (non-hydrogen) atoms. The molecule has 4 nitrogen and oxygen atoms in total. The third-order valence-corrected chi connectivity index (χ3v) is 3.82. The molecular weight excluding hydrogens is 300 g/mol. The highest BCUT2D eigenvalue weighted by molar-refractivity contribution is 5.99. The van der Waals surface area contributed by atoms with Crippen molar-refractivity contribution in [2.24, 2.45) is 0 Å². The largest absolute Gasteiger partial charge is 0.352 e. The van der Waals surface area contributed by atoms with Gasteiger partial charge in [-0.25, -0.2) is 0 Å². The average Bonchev–Trinajstić information content (AvgIpc) is 2.62. The van der Waals surface area contributed by atoms with E-state index in [2.05, 4.69) is 5.32 Å². The van der Waals surface area contributed by atoms with Crippen LogP contribution in [0.3, 0.4) is 0 Å². The zero-order chi connectivity index (χ0) is 17.4. The lowest BCUT2D eigenvalue weighted by atomic mass is 10.1. The molecule has 0 aliphatic heterocycles. The molecule has 0 bridgehead atoms. The van der Waals surface area contributed by atoms with Crippen LogP contribution in [-0.2, 0) is 6.42 Å². The summed E-state index contributed by atoms with van der Waals surface area (Å²) in [6.45, 7) is 3.30. The summed E-state index contributed by atoms with van der Waals surface area (Å²) in [7, 11) is 1.78. The summed E-state index contributed by atoms with van der Waals surface area (Å²) >= 11 is 0. The first-order chi connectivity index (χ1) is 11.6. The molecule has 0 saturated heterocycles. The van der Waals surface area contributed by atoms with Gasteiger partial charge in [-0.1, -0.05) is 43.3 Å². The minimum absolute atomic E-state index is 0.0595. The fourth-order valence-corrected chi connectivity index (χ4v) is 2.52. The normalized spacial score (nSPS) is 10.2. The van der Waals surface area contributed by atoms with Gasteiger partial charge in [-0.15, -0.1) is 0 Å². The van der Waals surface area contributed by atoms with Gasteiger partial charge in [0.1, 0.15) is 0 Å². The number of benzene rings is 2. The van der Waals surface area contributed by atoms with E-state index in [1.54, 1.807) is 36.2 Å². The van der Waals surface area contributed by atoms with Gasteiger partial charge in [0.25, 0.3) is 11.8 Å². The van der Waals surface area contributed by atoms with Crippen LogP contribution in [-0.4, -0.2) is 36.9 Å². The quantitative estimate of drug-likeness (QED) is 0.850. The first kappa shape index (κ1) is 17.7. The van der Waals surface area contributed by atoms with E-state index in [1.165, 1.54) is 5.56 Å². The summed E-state index contributed by atoms with van der Waals surface area (Å²) in [6, 6.07) is 16.9. The fourth-order valence-electron chi connectivity index (χ4n) is 2.52. The van der Waals surface area contributed by atoms with Crippen LogP contribution in [0.25, 0.3) is 0 Å². The number of carbonyl (C=O) groups excluding carboxylic acids is 2. The van der Waals surface area contributed by atoms with Crippen molar-refractivity contribution in [3.8, 4) is 0 Å². The second-order valence-electron chi connectivity index (χ2n) is 5.80. The Balaban J connectivity index is 1.95. The summed E-state index contributed by atoms with van der Waals surface area (Å²) in [6.07, 6.45) is 1.69. The molecule has 0 unspecified atom stereocenters. The first-order valence-electron chi connectivity index (χ1n) is 8.29. The SMILES string of the molecule is CCCN(C)C(=O)c1cccc(C(=O)NCCc2ccccc2)c1. The molecule has 0 aromatic heterocycles. The maximum atomic E-state index is 12.3. The van der Waals surface area contributed by atoms with E-state index in [-0.39, 0.29) is 11.8 Å². The molecule has 2 aromatic rings. The number of nitrogens with one attached hydrogen (secondary N) is 1. The second-order valence-corrected chi connectivity index (χ2v) is 5.80. The van der Waals surface area contributed by atoms with Gasteiger partial charge in [0.15, 0.2) is 0 Å². The Morgan fingerprint density at radius 3 is 2.42 bits per heavy atom. The molecule has 0 fully saturated rings. The van der Waals surface area contributed by atoms with E-state index >= 15 is 0 Å². The lowest BCUT2D eigenvalue weighted by Gasteiger charge is -2.16. The molecule has 126 valence electrons. The van der Waals surface area contributed by atoms with E-state index < -0.39 is 0 Å². The highest BCUT2D eigenvalue weighted by atomic mass is 16.2. The molecule has 0 atom stereocenters. The molecule has 0 radical (unpaired) electrons. The van der Waals surface area contributed by atoms with Gasteiger partial charge in [0.2, 0.25) is 0 Å². The van der Waals surface area contributed by atoms with Crippen LogP contribution >= 0.6 is 0 Å². The molecule has 4 heteroatoms. The van der Waals surface area contributed by atoms with E-state index in [9.17, 15) is 9.59 Å². The number of nitrogens with zero attached hydrogens (tertiary/aromatic N) is 1. The number of amides is 2. The standard InChI is InChI=1S/C20H24N2O2/c1-3-14-22(2)20(24)18-11-7-10-17(15-18)19(23)21-13-12-16-8-5-4-6-9-16/h4-11,15H,3,12-14H2,1-2H3,(H,21,23). The summed E-state index contributed by atoms with van der Waals surface area (Å²) in [5.74, 6) is -0.213. The zero-order valence-corrected chi connectivity index (χ0v) is 14.3. The molecule has 0 spiro atoms. The van der Waals surface area contributed by atoms with E-state index in [1.807, 2.05) is 37.3 Å². The maximum Gasteiger partial charge on any atom is 0.253 e. The Bertz CT molecular complexity index is 683.